The lowest BCUT2D eigenvalue weighted by atomic mass is 10.0. The number of halogens is 2. The van der Waals surface area contributed by atoms with E-state index < -0.39 is 5.97 Å². The van der Waals surface area contributed by atoms with E-state index in [0.29, 0.717) is 11.2 Å². The van der Waals surface area contributed by atoms with Gasteiger partial charge in [-0.3, -0.25) is 9.78 Å². The van der Waals surface area contributed by atoms with Gasteiger partial charge in [0.15, 0.2) is 0 Å². The van der Waals surface area contributed by atoms with E-state index in [-0.39, 0.29) is 27.0 Å². The number of nitrogens with zero attached hydrogens (tertiary/aromatic N) is 2. The van der Waals surface area contributed by atoms with E-state index in [1.54, 1.807) is 59.4 Å². The maximum absolute atomic E-state index is 13.2. The third-order valence-corrected chi connectivity index (χ3v) is 5.07. The van der Waals surface area contributed by atoms with Crippen molar-refractivity contribution in [2.45, 2.75) is 0 Å². The van der Waals surface area contributed by atoms with Crippen LogP contribution in [0.3, 0.4) is 0 Å². The molecular formula is C21H12Cl2N2O3. The van der Waals surface area contributed by atoms with E-state index in [0.717, 1.165) is 11.1 Å². The Bertz CT molecular complexity index is 1210. The summed E-state index contributed by atoms with van der Waals surface area (Å²) < 4.78 is 1.72. The number of carbonyl (C=O) groups excluding carboxylic acids is 1. The Morgan fingerprint density at radius 3 is 2.32 bits per heavy atom. The van der Waals surface area contributed by atoms with Crippen LogP contribution in [-0.2, 0) is 0 Å². The molecule has 0 aliphatic carbocycles. The van der Waals surface area contributed by atoms with Crippen molar-refractivity contribution in [2.75, 3.05) is 0 Å². The van der Waals surface area contributed by atoms with Crippen molar-refractivity contribution >= 4 is 40.5 Å². The summed E-state index contributed by atoms with van der Waals surface area (Å²) >= 11 is 12.4. The van der Waals surface area contributed by atoms with Crippen molar-refractivity contribution in [3.05, 3.63) is 94.0 Å². The molecule has 2 aromatic heterocycles. The van der Waals surface area contributed by atoms with Crippen LogP contribution < -0.4 is 0 Å². The van der Waals surface area contributed by atoms with Gasteiger partial charge in [0.2, 0.25) is 5.78 Å². The molecule has 0 radical (unpaired) electrons. The van der Waals surface area contributed by atoms with Crippen molar-refractivity contribution < 1.29 is 14.7 Å². The first-order chi connectivity index (χ1) is 13.5. The molecule has 0 fully saturated rings. The summed E-state index contributed by atoms with van der Waals surface area (Å²) in [6, 6.07) is 13.1. The quantitative estimate of drug-likeness (QED) is 0.467. The van der Waals surface area contributed by atoms with Gasteiger partial charge in [-0.25, -0.2) is 4.79 Å². The molecule has 28 heavy (non-hydrogen) atoms. The van der Waals surface area contributed by atoms with Gasteiger partial charge in [-0.15, -0.1) is 0 Å². The molecule has 0 aliphatic heterocycles. The zero-order valence-electron chi connectivity index (χ0n) is 14.3. The molecular weight excluding hydrogens is 399 g/mol. The fourth-order valence-electron chi connectivity index (χ4n) is 3.09. The van der Waals surface area contributed by atoms with E-state index >= 15 is 0 Å². The second-order valence-electron chi connectivity index (χ2n) is 6.08. The number of carboxylic acids is 1. The maximum atomic E-state index is 13.2. The molecule has 138 valence electrons. The van der Waals surface area contributed by atoms with E-state index in [2.05, 4.69) is 4.98 Å². The molecule has 2 heterocycles. The maximum Gasteiger partial charge on any atom is 0.335 e. The van der Waals surface area contributed by atoms with Gasteiger partial charge in [0.1, 0.15) is 0 Å². The molecule has 0 saturated heterocycles. The summed E-state index contributed by atoms with van der Waals surface area (Å²) in [6.45, 7) is 0. The SMILES string of the molecule is O=C(O)c1ccc(-c2cc(C(=O)c3c(Cl)cccc3Cl)n3ccncc23)cc1. The van der Waals surface area contributed by atoms with Crippen LogP contribution in [0, 0.1) is 0 Å². The molecule has 0 aliphatic rings. The van der Waals surface area contributed by atoms with Crippen LogP contribution in [-0.4, -0.2) is 26.2 Å². The van der Waals surface area contributed by atoms with Crippen LogP contribution in [0.15, 0.2) is 67.1 Å². The van der Waals surface area contributed by atoms with Crippen molar-refractivity contribution in [2.24, 2.45) is 0 Å². The van der Waals surface area contributed by atoms with Crippen molar-refractivity contribution in [3.8, 4) is 11.1 Å². The van der Waals surface area contributed by atoms with Gasteiger partial charge in [0, 0.05) is 18.0 Å². The summed E-state index contributed by atoms with van der Waals surface area (Å²) in [4.78, 5) is 28.4. The predicted molar refractivity (Wildman–Crippen MR) is 107 cm³/mol. The number of rotatable bonds is 4. The summed E-state index contributed by atoms with van der Waals surface area (Å²) in [6.07, 6.45) is 4.91. The van der Waals surface area contributed by atoms with Gasteiger partial charge in [0.05, 0.1) is 38.6 Å². The Hall–Kier alpha value is -3.15. The Labute approximate surface area is 169 Å². The lowest BCUT2D eigenvalue weighted by Gasteiger charge is -2.06. The van der Waals surface area contributed by atoms with Gasteiger partial charge in [-0.05, 0) is 35.9 Å². The highest BCUT2D eigenvalue weighted by atomic mass is 35.5. The molecule has 1 N–H and O–H groups in total. The Morgan fingerprint density at radius 2 is 1.68 bits per heavy atom. The number of benzene rings is 2. The molecule has 7 heteroatoms. The molecule has 4 aromatic rings. The highest BCUT2D eigenvalue weighted by Crippen LogP contribution is 2.32. The first kappa shape index (κ1) is 18.2. The summed E-state index contributed by atoms with van der Waals surface area (Å²) in [5, 5.41) is 9.63. The number of aromatic carboxylic acids is 1. The number of aromatic nitrogens is 2. The molecule has 5 nitrogen and oxygen atoms in total. The van der Waals surface area contributed by atoms with Crippen LogP contribution in [0.4, 0.5) is 0 Å². The average Bonchev–Trinajstić information content (AvgIpc) is 3.07. The molecule has 4 rings (SSSR count). The Morgan fingerprint density at radius 1 is 1.00 bits per heavy atom. The van der Waals surface area contributed by atoms with Crippen LogP contribution >= 0.6 is 23.2 Å². The van der Waals surface area contributed by atoms with E-state index in [9.17, 15) is 9.59 Å². The fraction of sp³-hybridized carbons (Fsp3) is 0. The van der Waals surface area contributed by atoms with Crippen molar-refractivity contribution in [3.63, 3.8) is 0 Å². The molecule has 0 bridgehead atoms. The monoisotopic (exact) mass is 410 g/mol. The number of fused-ring (bicyclic) bond motifs is 1. The zero-order valence-corrected chi connectivity index (χ0v) is 15.8. The van der Waals surface area contributed by atoms with Crippen LogP contribution in [0.1, 0.15) is 26.4 Å². The lowest BCUT2D eigenvalue weighted by Crippen LogP contribution is -2.06. The molecule has 0 saturated carbocycles. The van der Waals surface area contributed by atoms with E-state index in [1.165, 1.54) is 12.1 Å². The number of hydrogen-bond acceptors (Lipinski definition) is 3. The molecule has 2 aromatic carbocycles. The zero-order chi connectivity index (χ0) is 19.8. The van der Waals surface area contributed by atoms with Gasteiger partial charge < -0.3 is 9.51 Å². The van der Waals surface area contributed by atoms with Gasteiger partial charge in [-0.1, -0.05) is 41.4 Å². The standard InChI is InChI=1S/C21H12Cl2N2O3/c22-15-2-1-3-16(23)19(15)20(26)17-10-14(18-11-24-8-9-25(17)18)12-4-6-13(7-5-12)21(27)28/h1-11H,(H,27,28). The minimum atomic E-state index is -1.00. The number of hydrogen-bond donors (Lipinski definition) is 1. The van der Waals surface area contributed by atoms with Gasteiger partial charge >= 0.3 is 5.97 Å². The molecule has 0 unspecified atom stereocenters. The third-order valence-electron chi connectivity index (χ3n) is 4.44. The number of carbonyl (C=O) groups is 2. The number of carboxylic acid groups (broad SMARTS) is 1. The largest absolute Gasteiger partial charge is 0.478 e. The fourth-order valence-corrected chi connectivity index (χ4v) is 3.66. The van der Waals surface area contributed by atoms with E-state index in [4.69, 9.17) is 28.3 Å². The third kappa shape index (κ3) is 3.05. The Balaban J connectivity index is 1.90. The second kappa shape index (κ2) is 7.11. The lowest BCUT2D eigenvalue weighted by molar-refractivity contribution is 0.0696. The molecule has 0 atom stereocenters. The normalized spacial score (nSPS) is 10.9. The van der Waals surface area contributed by atoms with Crippen molar-refractivity contribution in [1.29, 1.82) is 0 Å². The highest BCUT2D eigenvalue weighted by Gasteiger charge is 2.22. The summed E-state index contributed by atoms with van der Waals surface area (Å²) in [7, 11) is 0. The highest BCUT2D eigenvalue weighted by molar-refractivity contribution is 6.41. The van der Waals surface area contributed by atoms with Crippen molar-refractivity contribution in [1.82, 2.24) is 9.38 Å². The van der Waals surface area contributed by atoms with Gasteiger partial charge in [-0.2, -0.15) is 0 Å². The second-order valence-corrected chi connectivity index (χ2v) is 6.90. The van der Waals surface area contributed by atoms with Gasteiger partial charge in [0.25, 0.3) is 0 Å². The average molecular weight is 411 g/mol. The minimum Gasteiger partial charge on any atom is -0.478 e. The van der Waals surface area contributed by atoms with Crippen LogP contribution in [0.25, 0.3) is 16.6 Å². The first-order valence-electron chi connectivity index (χ1n) is 8.25. The molecule has 0 amide bonds. The Kier molecular flexibility index (Phi) is 4.63. The van der Waals surface area contributed by atoms with Crippen LogP contribution in [0.5, 0.6) is 0 Å². The van der Waals surface area contributed by atoms with Crippen LogP contribution in [0.2, 0.25) is 10.0 Å². The first-order valence-corrected chi connectivity index (χ1v) is 9.00. The minimum absolute atomic E-state index is 0.185. The summed E-state index contributed by atoms with van der Waals surface area (Å²) in [5.74, 6) is -1.32. The topological polar surface area (TPSA) is 71.7 Å². The smallest absolute Gasteiger partial charge is 0.335 e. The number of ketones is 1. The van der Waals surface area contributed by atoms with E-state index in [1.807, 2.05) is 0 Å². The molecule has 0 spiro atoms. The predicted octanol–water partition coefficient (Wildman–Crippen LogP) is 5.24. The summed E-state index contributed by atoms with van der Waals surface area (Å²) in [5.41, 5.74) is 3.01.